The van der Waals surface area contributed by atoms with Crippen LogP contribution in [0.4, 0.5) is 11.4 Å². The molecule has 4 N–H and O–H groups in total. The van der Waals surface area contributed by atoms with E-state index in [-0.39, 0.29) is 16.8 Å². The second-order valence-electron chi connectivity index (χ2n) is 6.36. The van der Waals surface area contributed by atoms with E-state index in [4.69, 9.17) is 5.73 Å². The predicted molar refractivity (Wildman–Crippen MR) is 107 cm³/mol. The number of benzene rings is 1. The molecular formula is C18H32N4O3S. The summed E-state index contributed by atoms with van der Waals surface area (Å²) in [5.74, 6) is -0.631. The normalized spacial score (nSPS) is 14.1. The lowest BCUT2D eigenvalue weighted by Gasteiger charge is -2.21. The van der Waals surface area contributed by atoms with Crippen LogP contribution in [0.2, 0.25) is 0 Å². The van der Waals surface area contributed by atoms with E-state index in [1.54, 1.807) is 39.8 Å². The van der Waals surface area contributed by atoms with Gasteiger partial charge in [-0.3, -0.25) is 4.79 Å². The van der Waals surface area contributed by atoms with Gasteiger partial charge in [0.2, 0.25) is 15.9 Å². The van der Waals surface area contributed by atoms with Gasteiger partial charge in [0.05, 0.1) is 22.2 Å². The average molecular weight is 385 g/mol. The van der Waals surface area contributed by atoms with E-state index in [1.165, 1.54) is 10.4 Å². The van der Waals surface area contributed by atoms with Crippen LogP contribution in [0.3, 0.4) is 0 Å². The third kappa shape index (κ3) is 5.43. The van der Waals surface area contributed by atoms with E-state index in [2.05, 4.69) is 10.6 Å². The molecule has 0 heterocycles. The van der Waals surface area contributed by atoms with E-state index >= 15 is 0 Å². The maximum absolute atomic E-state index is 12.8. The number of sulfonamides is 1. The van der Waals surface area contributed by atoms with Gasteiger partial charge in [-0.1, -0.05) is 27.7 Å². The Hall–Kier alpha value is -1.64. The van der Waals surface area contributed by atoms with E-state index in [9.17, 15) is 13.2 Å². The minimum atomic E-state index is -3.60. The van der Waals surface area contributed by atoms with Crippen molar-refractivity contribution < 1.29 is 13.2 Å². The van der Waals surface area contributed by atoms with Gasteiger partial charge in [-0.15, -0.1) is 0 Å². The Labute approximate surface area is 157 Å². The Morgan fingerprint density at radius 3 is 2.27 bits per heavy atom. The van der Waals surface area contributed by atoms with Crippen molar-refractivity contribution in [3.05, 3.63) is 18.2 Å². The first kappa shape index (κ1) is 22.4. The number of amides is 1. The number of carbonyl (C=O) groups excluding carboxylic acids is 1. The lowest BCUT2D eigenvalue weighted by Crippen LogP contribution is -2.34. The molecule has 148 valence electrons. The van der Waals surface area contributed by atoms with Crippen molar-refractivity contribution in [3.8, 4) is 0 Å². The monoisotopic (exact) mass is 384 g/mol. The summed E-state index contributed by atoms with van der Waals surface area (Å²) in [5, 5.41) is 6.04. The maximum Gasteiger partial charge on any atom is 0.243 e. The Morgan fingerprint density at radius 1 is 1.15 bits per heavy atom. The third-order valence-corrected chi connectivity index (χ3v) is 6.41. The molecule has 8 heteroatoms. The predicted octanol–water partition coefficient (Wildman–Crippen LogP) is 2.46. The van der Waals surface area contributed by atoms with Gasteiger partial charge in [-0.25, -0.2) is 8.42 Å². The highest BCUT2D eigenvalue weighted by atomic mass is 32.2. The Kier molecular flexibility index (Phi) is 8.52. The molecule has 0 aliphatic heterocycles. The molecule has 0 saturated heterocycles. The standard InChI is InChI=1S/C18H32N4O3S/c1-6-11-20-16-10-9-15(26(24,25)22(7-2)8-3)12-17(16)21-18(23)13(4)14(5)19/h9-10,12-14,20H,6-8,11,19H2,1-5H3,(H,21,23). The summed E-state index contributed by atoms with van der Waals surface area (Å²) in [6, 6.07) is 4.47. The second-order valence-corrected chi connectivity index (χ2v) is 8.30. The highest BCUT2D eigenvalue weighted by molar-refractivity contribution is 7.89. The van der Waals surface area contributed by atoms with Crippen molar-refractivity contribution in [3.63, 3.8) is 0 Å². The largest absolute Gasteiger partial charge is 0.383 e. The number of hydrogen-bond donors (Lipinski definition) is 3. The van der Waals surface area contributed by atoms with Gasteiger partial charge < -0.3 is 16.4 Å². The van der Waals surface area contributed by atoms with Gasteiger partial charge in [0.25, 0.3) is 0 Å². The van der Waals surface area contributed by atoms with Crippen molar-refractivity contribution in [2.75, 3.05) is 30.3 Å². The summed E-state index contributed by atoms with van der Waals surface area (Å²) in [4.78, 5) is 12.6. The molecule has 2 atom stereocenters. The van der Waals surface area contributed by atoms with E-state index in [0.29, 0.717) is 31.0 Å². The quantitative estimate of drug-likeness (QED) is 0.575. The summed E-state index contributed by atoms with van der Waals surface area (Å²) in [7, 11) is -3.60. The third-order valence-electron chi connectivity index (χ3n) is 4.36. The molecule has 0 aliphatic rings. The smallest absolute Gasteiger partial charge is 0.243 e. The van der Waals surface area contributed by atoms with Crippen LogP contribution in [0.15, 0.2) is 23.1 Å². The molecule has 0 aliphatic carbocycles. The molecule has 0 spiro atoms. The van der Waals surface area contributed by atoms with Crippen LogP contribution < -0.4 is 16.4 Å². The molecule has 0 radical (unpaired) electrons. The zero-order valence-electron chi connectivity index (χ0n) is 16.4. The maximum atomic E-state index is 12.8. The number of anilines is 2. The van der Waals surface area contributed by atoms with Crippen LogP contribution >= 0.6 is 0 Å². The molecule has 0 saturated carbocycles. The van der Waals surface area contributed by atoms with Gasteiger partial charge in [-0.05, 0) is 31.5 Å². The van der Waals surface area contributed by atoms with Gasteiger partial charge in [-0.2, -0.15) is 4.31 Å². The number of nitrogens with zero attached hydrogens (tertiary/aromatic N) is 1. The van der Waals surface area contributed by atoms with Crippen molar-refractivity contribution in [1.29, 1.82) is 0 Å². The van der Waals surface area contributed by atoms with E-state index in [1.807, 2.05) is 6.92 Å². The minimum absolute atomic E-state index is 0.159. The Morgan fingerprint density at radius 2 is 1.77 bits per heavy atom. The second kappa shape index (κ2) is 9.89. The molecule has 0 aromatic heterocycles. The van der Waals surface area contributed by atoms with Gasteiger partial charge >= 0.3 is 0 Å². The molecule has 0 bridgehead atoms. The number of hydrogen-bond acceptors (Lipinski definition) is 5. The Balaban J connectivity index is 3.28. The lowest BCUT2D eigenvalue weighted by atomic mass is 10.0. The molecule has 0 fully saturated rings. The number of nitrogens with one attached hydrogen (secondary N) is 2. The van der Waals surface area contributed by atoms with Crippen LogP contribution in [-0.4, -0.2) is 44.3 Å². The van der Waals surface area contributed by atoms with Crippen molar-refractivity contribution in [2.24, 2.45) is 11.7 Å². The topological polar surface area (TPSA) is 105 Å². The average Bonchev–Trinajstić information content (AvgIpc) is 2.60. The fraction of sp³-hybridized carbons (Fsp3) is 0.611. The highest BCUT2D eigenvalue weighted by Gasteiger charge is 2.24. The highest BCUT2D eigenvalue weighted by Crippen LogP contribution is 2.28. The Bertz CT molecular complexity index is 700. The lowest BCUT2D eigenvalue weighted by molar-refractivity contribution is -0.119. The van der Waals surface area contributed by atoms with Crippen LogP contribution in [-0.2, 0) is 14.8 Å². The summed E-state index contributed by atoms with van der Waals surface area (Å²) >= 11 is 0. The fourth-order valence-electron chi connectivity index (χ4n) is 2.40. The summed E-state index contributed by atoms with van der Waals surface area (Å²) < 4.78 is 26.9. The van der Waals surface area contributed by atoms with Crippen molar-refractivity contribution in [2.45, 2.75) is 52.0 Å². The van der Waals surface area contributed by atoms with Crippen molar-refractivity contribution >= 4 is 27.3 Å². The van der Waals surface area contributed by atoms with Gasteiger partial charge in [0, 0.05) is 25.7 Å². The molecule has 1 aromatic rings. The van der Waals surface area contributed by atoms with Gasteiger partial charge in [0.1, 0.15) is 0 Å². The minimum Gasteiger partial charge on any atom is -0.383 e. The van der Waals surface area contributed by atoms with Gasteiger partial charge in [0.15, 0.2) is 0 Å². The fourth-order valence-corrected chi connectivity index (χ4v) is 3.88. The summed E-state index contributed by atoms with van der Waals surface area (Å²) in [6.07, 6.45) is 0.906. The van der Waals surface area contributed by atoms with Crippen LogP contribution in [0.25, 0.3) is 0 Å². The number of nitrogens with two attached hydrogens (primary N) is 1. The molecule has 2 unspecified atom stereocenters. The zero-order chi connectivity index (χ0) is 19.9. The first-order valence-corrected chi connectivity index (χ1v) is 10.6. The first-order valence-electron chi connectivity index (χ1n) is 9.13. The summed E-state index contributed by atoms with van der Waals surface area (Å²) in [5.41, 5.74) is 6.94. The van der Waals surface area contributed by atoms with E-state index < -0.39 is 15.9 Å². The molecule has 7 nitrogen and oxygen atoms in total. The first-order chi connectivity index (χ1) is 12.2. The molecule has 26 heavy (non-hydrogen) atoms. The molecule has 1 amide bonds. The van der Waals surface area contributed by atoms with Crippen LogP contribution in [0, 0.1) is 5.92 Å². The van der Waals surface area contributed by atoms with Crippen LogP contribution in [0.5, 0.6) is 0 Å². The SMILES string of the molecule is CCCNc1ccc(S(=O)(=O)N(CC)CC)cc1NC(=O)C(C)C(C)N. The number of rotatable bonds is 10. The number of carbonyl (C=O) groups is 1. The summed E-state index contributed by atoms with van der Waals surface area (Å²) in [6.45, 7) is 10.6. The molecule has 1 aromatic carbocycles. The molecular weight excluding hydrogens is 352 g/mol. The van der Waals surface area contributed by atoms with E-state index in [0.717, 1.165) is 6.42 Å². The van der Waals surface area contributed by atoms with Crippen LogP contribution in [0.1, 0.15) is 41.0 Å². The zero-order valence-corrected chi connectivity index (χ0v) is 17.2. The molecule has 1 rings (SSSR count). The van der Waals surface area contributed by atoms with Crippen molar-refractivity contribution in [1.82, 2.24) is 4.31 Å².